The number of unbranched alkanes of at least 4 members (excludes halogenated alkanes) is 1. The van der Waals surface area contributed by atoms with E-state index in [1.165, 1.54) is 17.9 Å². The monoisotopic (exact) mass is 258 g/mol. The maximum absolute atomic E-state index is 5.68. The molecular weight excluding hydrogens is 236 g/mol. The standard InChI is InChI=1S/C12H22N2S2/c1-3-5-6-7-10(14-13)12-11(4-2)15-8-9-16-12/h1,10-12,14H,4-9,13H2,2H3. The summed E-state index contributed by atoms with van der Waals surface area (Å²) in [5.41, 5.74) is 2.99. The minimum atomic E-state index is 0.413. The molecule has 3 unspecified atom stereocenters. The molecule has 0 aliphatic carbocycles. The van der Waals surface area contributed by atoms with E-state index < -0.39 is 0 Å². The lowest BCUT2D eigenvalue weighted by Crippen LogP contribution is -2.48. The van der Waals surface area contributed by atoms with Crippen molar-refractivity contribution in [1.29, 1.82) is 0 Å². The molecule has 1 aliphatic rings. The van der Waals surface area contributed by atoms with E-state index in [1.807, 2.05) is 0 Å². The Kier molecular flexibility index (Phi) is 7.39. The third-order valence-electron chi connectivity index (χ3n) is 2.94. The van der Waals surface area contributed by atoms with Gasteiger partial charge in [0.1, 0.15) is 0 Å². The minimum Gasteiger partial charge on any atom is -0.271 e. The Labute approximate surface area is 108 Å². The van der Waals surface area contributed by atoms with E-state index in [0.717, 1.165) is 24.5 Å². The highest BCUT2D eigenvalue weighted by molar-refractivity contribution is 8.07. The second-order valence-corrected chi connectivity index (χ2v) is 6.66. The van der Waals surface area contributed by atoms with E-state index >= 15 is 0 Å². The van der Waals surface area contributed by atoms with Gasteiger partial charge in [-0.05, 0) is 19.3 Å². The molecule has 3 atom stereocenters. The van der Waals surface area contributed by atoms with Crippen LogP contribution in [-0.4, -0.2) is 28.0 Å². The largest absolute Gasteiger partial charge is 0.271 e. The molecule has 0 radical (unpaired) electrons. The molecule has 16 heavy (non-hydrogen) atoms. The molecule has 0 spiro atoms. The average molecular weight is 258 g/mol. The Balaban J connectivity index is 2.45. The van der Waals surface area contributed by atoms with E-state index in [4.69, 9.17) is 12.3 Å². The first-order valence-electron chi connectivity index (χ1n) is 5.96. The van der Waals surface area contributed by atoms with Gasteiger partial charge in [0.2, 0.25) is 0 Å². The molecule has 92 valence electrons. The summed E-state index contributed by atoms with van der Waals surface area (Å²) in [4.78, 5) is 0. The van der Waals surface area contributed by atoms with Crippen molar-refractivity contribution in [1.82, 2.24) is 5.43 Å². The van der Waals surface area contributed by atoms with Crippen molar-refractivity contribution in [2.24, 2.45) is 5.84 Å². The summed E-state index contributed by atoms with van der Waals surface area (Å²) in [6.07, 6.45) is 9.54. The molecule has 0 aromatic carbocycles. The summed E-state index contributed by atoms with van der Waals surface area (Å²) in [7, 11) is 0. The molecule has 0 saturated carbocycles. The van der Waals surface area contributed by atoms with E-state index in [-0.39, 0.29) is 0 Å². The van der Waals surface area contributed by atoms with Gasteiger partial charge in [0, 0.05) is 34.5 Å². The molecule has 1 heterocycles. The third-order valence-corrected chi connectivity index (χ3v) is 6.35. The Morgan fingerprint density at radius 2 is 2.25 bits per heavy atom. The second kappa shape index (κ2) is 8.30. The van der Waals surface area contributed by atoms with Crippen LogP contribution in [0.15, 0.2) is 0 Å². The fourth-order valence-electron chi connectivity index (χ4n) is 2.08. The minimum absolute atomic E-state index is 0.413. The first-order chi connectivity index (χ1) is 7.83. The lowest BCUT2D eigenvalue weighted by Gasteiger charge is -2.35. The smallest absolute Gasteiger partial charge is 0.0340 e. The molecule has 0 aromatic rings. The van der Waals surface area contributed by atoms with Gasteiger partial charge >= 0.3 is 0 Å². The van der Waals surface area contributed by atoms with Crippen LogP contribution in [-0.2, 0) is 0 Å². The van der Waals surface area contributed by atoms with Crippen molar-refractivity contribution in [2.75, 3.05) is 11.5 Å². The van der Waals surface area contributed by atoms with Gasteiger partial charge in [0.05, 0.1) is 0 Å². The van der Waals surface area contributed by atoms with Crippen molar-refractivity contribution in [3.8, 4) is 12.3 Å². The molecule has 2 nitrogen and oxygen atoms in total. The Morgan fingerprint density at radius 3 is 2.88 bits per heavy atom. The van der Waals surface area contributed by atoms with Gasteiger partial charge in [-0.2, -0.15) is 23.5 Å². The summed E-state index contributed by atoms with van der Waals surface area (Å²) in [5, 5.41) is 1.39. The van der Waals surface area contributed by atoms with Crippen LogP contribution >= 0.6 is 23.5 Å². The molecule has 1 saturated heterocycles. The highest BCUT2D eigenvalue weighted by Gasteiger charge is 2.30. The number of hydrogen-bond acceptors (Lipinski definition) is 4. The van der Waals surface area contributed by atoms with Gasteiger partial charge in [-0.25, -0.2) is 0 Å². The number of terminal acetylenes is 1. The zero-order chi connectivity index (χ0) is 11.8. The van der Waals surface area contributed by atoms with E-state index in [9.17, 15) is 0 Å². The van der Waals surface area contributed by atoms with Crippen LogP contribution in [0, 0.1) is 12.3 Å². The van der Waals surface area contributed by atoms with Crippen LogP contribution in [0.3, 0.4) is 0 Å². The molecule has 1 rings (SSSR count). The Bertz CT molecular complexity index is 228. The first-order valence-corrected chi connectivity index (χ1v) is 8.06. The van der Waals surface area contributed by atoms with Crippen molar-refractivity contribution in [2.45, 2.75) is 49.1 Å². The van der Waals surface area contributed by atoms with E-state index in [0.29, 0.717) is 11.3 Å². The van der Waals surface area contributed by atoms with Gasteiger partial charge in [0.25, 0.3) is 0 Å². The Morgan fingerprint density at radius 1 is 1.50 bits per heavy atom. The SMILES string of the molecule is C#CCCCC(NN)C1SCCSC1CC. The van der Waals surface area contributed by atoms with Gasteiger partial charge in [-0.1, -0.05) is 6.92 Å². The highest BCUT2D eigenvalue weighted by atomic mass is 32.2. The Hall–Kier alpha value is 0.180. The zero-order valence-electron chi connectivity index (χ0n) is 9.95. The predicted molar refractivity (Wildman–Crippen MR) is 76.6 cm³/mol. The first kappa shape index (κ1) is 14.2. The molecule has 3 N–H and O–H groups in total. The fourth-order valence-corrected chi connectivity index (χ4v) is 5.36. The lowest BCUT2D eigenvalue weighted by atomic mass is 10.0. The van der Waals surface area contributed by atoms with Crippen LogP contribution in [0.1, 0.15) is 32.6 Å². The van der Waals surface area contributed by atoms with Crippen LogP contribution in [0.2, 0.25) is 0 Å². The highest BCUT2D eigenvalue weighted by Crippen LogP contribution is 2.36. The maximum Gasteiger partial charge on any atom is 0.0340 e. The summed E-state index contributed by atoms with van der Waals surface area (Å²) in [6, 6.07) is 0.413. The van der Waals surface area contributed by atoms with E-state index in [1.54, 1.807) is 0 Å². The van der Waals surface area contributed by atoms with Crippen LogP contribution in [0.5, 0.6) is 0 Å². The quantitative estimate of drug-likeness (QED) is 0.332. The van der Waals surface area contributed by atoms with Crippen molar-refractivity contribution in [3.63, 3.8) is 0 Å². The second-order valence-electron chi connectivity index (χ2n) is 4.02. The maximum atomic E-state index is 5.68. The molecule has 0 bridgehead atoms. The van der Waals surface area contributed by atoms with E-state index in [2.05, 4.69) is 41.8 Å². The average Bonchev–Trinajstić information content (AvgIpc) is 2.35. The molecule has 4 heteroatoms. The van der Waals surface area contributed by atoms with Crippen LogP contribution < -0.4 is 11.3 Å². The number of thioether (sulfide) groups is 2. The lowest BCUT2D eigenvalue weighted by molar-refractivity contribution is 0.455. The van der Waals surface area contributed by atoms with Gasteiger partial charge in [-0.15, -0.1) is 12.3 Å². The molecule has 0 aromatic heterocycles. The summed E-state index contributed by atoms with van der Waals surface area (Å²) in [5.74, 6) is 10.9. The summed E-state index contributed by atoms with van der Waals surface area (Å²) in [6.45, 7) is 2.27. The number of hydrazine groups is 1. The van der Waals surface area contributed by atoms with Crippen LogP contribution in [0.25, 0.3) is 0 Å². The fraction of sp³-hybridized carbons (Fsp3) is 0.833. The molecule has 1 aliphatic heterocycles. The topological polar surface area (TPSA) is 38.0 Å². The number of nitrogens with two attached hydrogens (primary N) is 1. The predicted octanol–water partition coefficient (Wildman–Crippen LogP) is 2.25. The third kappa shape index (κ3) is 4.21. The zero-order valence-corrected chi connectivity index (χ0v) is 11.6. The summed E-state index contributed by atoms with van der Waals surface area (Å²) >= 11 is 4.17. The van der Waals surface area contributed by atoms with Gasteiger partial charge < -0.3 is 0 Å². The van der Waals surface area contributed by atoms with Crippen molar-refractivity contribution >= 4 is 23.5 Å². The number of hydrogen-bond donors (Lipinski definition) is 2. The summed E-state index contributed by atoms with van der Waals surface area (Å²) < 4.78 is 0. The van der Waals surface area contributed by atoms with Crippen molar-refractivity contribution < 1.29 is 0 Å². The number of rotatable bonds is 6. The number of nitrogens with one attached hydrogen (secondary N) is 1. The molecule has 1 fully saturated rings. The molecule has 0 amide bonds. The van der Waals surface area contributed by atoms with Gasteiger partial charge in [-0.3, -0.25) is 11.3 Å². The van der Waals surface area contributed by atoms with Crippen molar-refractivity contribution in [3.05, 3.63) is 0 Å². The molecular formula is C12H22N2S2. The normalized spacial score (nSPS) is 27.3. The van der Waals surface area contributed by atoms with Gasteiger partial charge in [0.15, 0.2) is 0 Å². The van der Waals surface area contributed by atoms with Crippen LogP contribution in [0.4, 0.5) is 0 Å².